The highest BCUT2D eigenvalue weighted by Gasteiger charge is 2.27. The molecule has 0 aliphatic heterocycles. The molecule has 116 valence electrons. The van der Waals surface area contributed by atoms with Crippen LogP contribution in [-0.2, 0) is 0 Å². The van der Waals surface area contributed by atoms with E-state index >= 15 is 0 Å². The van der Waals surface area contributed by atoms with Crippen LogP contribution in [0.15, 0.2) is 18.2 Å². The van der Waals surface area contributed by atoms with E-state index in [0.717, 1.165) is 18.5 Å². The SMILES string of the molecule is Clc1ccc(C(CNC2CC2)C2CCCCCC2)cc1Cl. The first kappa shape index (κ1) is 15.6. The van der Waals surface area contributed by atoms with Gasteiger partial charge >= 0.3 is 0 Å². The minimum absolute atomic E-state index is 0.582. The van der Waals surface area contributed by atoms with Gasteiger partial charge in [-0.15, -0.1) is 0 Å². The number of benzene rings is 1. The fraction of sp³-hybridized carbons (Fsp3) is 0.667. The zero-order chi connectivity index (χ0) is 14.7. The van der Waals surface area contributed by atoms with Crippen LogP contribution in [0, 0.1) is 5.92 Å². The zero-order valence-corrected chi connectivity index (χ0v) is 14.1. The molecule has 1 aromatic rings. The lowest BCUT2D eigenvalue weighted by molar-refractivity contribution is 0.360. The average Bonchev–Trinajstić information content (AvgIpc) is 3.30. The summed E-state index contributed by atoms with van der Waals surface area (Å²) in [6.07, 6.45) is 11.0. The van der Waals surface area contributed by atoms with Crippen molar-refractivity contribution in [2.24, 2.45) is 5.92 Å². The van der Waals surface area contributed by atoms with Crippen LogP contribution in [0.1, 0.15) is 62.8 Å². The molecule has 1 N–H and O–H groups in total. The second kappa shape index (κ2) is 7.35. The third kappa shape index (κ3) is 4.37. The molecule has 0 radical (unpaired) electrons. The number of nitrogens with one attached hydrogen (secondary N) is 1. The molecular formula is C18H25Cl2N. The Kier molecular flexibility index (Phi) is 5.48. The van der Waals surface area contributed by atoms with Crippen molar-refractivity contribution >= 4 is 23.2 Å². The van der Waals surface area contributed by atoms with Crippen molar-refractivity contribution in [2.45, 2.75) is 63.3 Å². The first-order chi connectivity index (χ1) is 10.2. The summed E-state index contributed by atoms with van der Waals surface area (Å²) in [5.41, 5.74) is 1.37. The van der Waals surface area contributed by atoms with Crippen LogP contribution in [0.4, 0.5) is 0 Å². The summed E-state index contributed by atoms with van der Waals surface area (Å²) in [5, 5.41) is 5.09. The van der Waals surface area contributed by atoms with Gasteiger partial charge in [-0.25, -0.2) is 0 Å². The molecule has 0 heterocycles. The molecule has 2 aliphatic rings. The van der Waals surface area contributed by atoms with Crippen molar-refractivity contribution in [1.82, 2.24) is 5.32 Å². The minimum atomic E-state index is 0.582. The lowest BCUT2D eigenvalue weighted by atomic mass is 9.81. The van der Waals surface area contributed by atoms with Crippen LogP contribution in [0.5, 0.6) is 0 Å². The molecule has 1 aromatic carbocycles. The molecule has 0 aromatic heterocycles. The molecule has 3 rings (SSSR count). The Hall–Kier alpha value is -0.240. The summed E-state index contributed by atoms with van der Waals surface area (Å²) in [4.78, 5) is 0. The Bertz CT molecular complexity index is 462. The van der Waals surface area contributed by atoms with Gasteiger partial charge in [-0.1, -0.05) is 55.0 Å². The summed E-state index contributed by atoms with van der Waals surface area (Å²) < 4.78 is 0. The van der Waals surface area contributed by atoms with Gasteiger partial charge in [0.25, 0.3) is 0 Å². The van der Waals surface area contributed by atoms with Crippen LogP contribution in [0.3, 0.4) is 0 Å². The van der Waals surface area contributed by atoms with Gasteiger partial charge < -0.3 is 5.32 Å². The molecule has 2 saturated carbocycles. The molecule has 0 amide bonds. The number of hydrogen-bond donors (Lipinski definition) is 1. The van der Waals surface area contributed by atoms with E-state index in [2.05, 4.69) is 17.4 Å². The maximum Gasteiger partial charge on any atom is 0.0595 e. The van der Waals surface area contributed by atoms with E-state index in [4.69, 9.17) is 23.2 Å². The van der Waals surface area contributed by atoms with Gasteiger partial charge in [-0.05, 0) is 55.2 Å². The molecule has 2 fully saturated rings. The second-order valence-electron chi connectivity index (χ2n) is 6.71. The summed E-state index contributed by atoms with van der Waals surface area (Å²) in [6, 6.07) is 6.99. The largest absolute Gasteiger partial charge is 0.313 e. The van der Waals surface area contributed by atoms with Gasteiger partial charge in [0.05, 0.1) is 10.0 Å². The van der Waals surface area contributed by atoms with Crippen molar-refractivity contribution in [2.75, 3.05) is 6.54 Å². The summed E-state index contributed by atoms with van der Waals surface area (Å²) in [5.74, 6) is 1.37. The molecule has 1 unspecified atom stereocenters. The number of rotatable bonds is 5. The predicted octanol–water partition coefficient (Wildman–Crippen LogP) is 5.80. The minimum Gasteiger partial charge on any atom is -0.313 e. The van der Waals surface area contributed by atoms with Crippen molar-refractivity contribution in [1.29, 1.82) is 0 Å². The van der Waals surface area contributed by atoms with Gasteiger partial charge in [-0.2, -0.15) is 0 Å². The van der Waals surface area contributed by atoms with Crippen LogP contribution in [0.25, 0.3) is 0 Å². The van der Waals surface area contributed by atoms with Crippen LogP contribution in [0.2, 0.25) is 10.0 Å². The fourth-order valence-electron chi connectivity index (χ4n) is 3.59. The topological polar surface area (TPSA) is 12.0 Å². The first-order valence-electron chi connectivity index (χ1n) is 8.42. The maximum atomic E-state index is 6.25. The normalized spacial score (nSPS) is 22.0. The number of hydrogen-bond acceptors (Lipinski definition) is 1. The third-order valence-electron chi connectivity index (χ3n) is 5.04. The first-order valence-corrected chi connectivity index (χ1v) is 9.18. The molecule has 1 nitrogen and oxygen atoms in total. The second-order valence-corrected chi connectivity index (χ2v) is 7.53. The molecule has 3 heteroatoms. The van der Waals surface area contributed by atoms with Crippen LogP contribution >= 0.6 is 23.2 Å². The highest BCUT2D eigenvalue weighted by atomic mass is 35.5. The van der Waals surface area contributed by atoms with E-state index < -0.39 is 0 Å². The van der Waals surface area contributed by atoms with E-state index in [1.165, 1.54) is 56.9 Å². The summed E-state index contributed by atoms with van der Waals surface area (Å²) in [6.45, 7) is 1.09. The molecular weight excluding hydrogens is 301 g/mol. The Labute approximate surface area is 138 Å². The van der Waals surface area contributed by atoms with Crippen LogP contribution in [-0.4, -0.2) is 12.6 Å². The van der Waals surface area contributed by atoms with Crippen molar-refractivity contribution < 1.29 is 0 Å². The molecule has 0 bridgehead atoms. The highest BCUT2D eigenvalue weighted by molar-refractivity contribution is 6.42. The van der Waals surface area contributed by atoms with Gasteiger partial charge in [0, 0.05) is 12.6 Å². The van der Waals surface area contributed by atoms with E-state index in [1.54, 1.807) is 0 Å². The molecule has 0 saturated heterocycles. The third-order valence-corrected chi connectivity index (χ3v) is 5.78. The average molecular weight is 326 g/mol. The fourth-order valence-corrected chi connectivity index (χ4v) is 3.90. The van der Waals surface area contributed by atoms with Crippen LogP contribution < -0.4 is 5.32 Å². The van der Waals surface area contributed by atoms with E-state index in [-0.39, 0.29) is 0 Å². The highest BCUT2D eigenvalue weighted by Crippen LogP contribution is 2.37. The lowest BCUT2D eigenvalue weighted by Crippen LogP contribution is -2.28. The van der Waals surface area contributed by atoms with Gasteiger partial charge in [0.15, 0.2) is 0 Å². The molecule has 0 spiro atoms. The molecule has 1 atom stereocenters. The zero-order valence-electron chi connectivity index (χ0n) is 12.6. The van der Waals surface area contributed by atoms with Crippen molar-refractivity contribution in [3.8, 4) is 0 Å². The quantitative estimate of drug-likeness (QED) is 0.674. The monoisotopic (exact) mass is 325 g/mol. The number of halogens is 2. The smallest absolute Gasteiger partial charge is 0.0595 e. The van der Waals surface area contributed by atoms with E-state index in [0.29, 0.717) is 16.0 Å². The Balaban J connectivity index is 1.76. The Morgan fingerprint density at radius 2 is 1.67 bits per heavy atom. The predicted molar refractivity (Wildman–Crippen MR) is 91.4 cm³/mol. The van der Waals surface area contributed by atoms with Crippen molar-refractivity contribution in [3.63, 3.8) is 0 Å². The Morgan fingerprint density at radius 3 is 2.29 bits per heavy atom. The van der Waals surface area contributed by atoms with Gasteiger partial charge in [0.1, 0.15) is 0 Å². The van der Waals surface area contributed by atoms with E-state index in [1.807, 2.05) is 6.07 Å². The van der Waals surface area contributed by atoms with E-state index in [9.17, 15) is 0 Å². The van der Waals surface area contributed by atoms with Gasteiger partial charge in [-0.3, -0.25) is 0 Å². The molecule has 2 aliphatic carbocycles. The lowest BCUT2D eigenvalue weighted by Gasteiger charge is -2.27. The summed E-state index contributed by atoms with van der Waals surface area (Å²) in [7, 11) is 0. The summed E-state index contributed by atoms with van der Waals surface area (Å²) >= 11 is 12.3. The van der Waals surface area contributed by atoms with Gasteiger partial charge in [0.2, 0.25) is 0 Å². The molecule has 21 heavy (non-hydrogen) atoms. The van der Waals surface area contributed by atoms with Crippen molar-refractivity contribution in [3.05, 3.63) is 33.8 Å². The standard InChI is InChI=1S/C18H25Cl2N/c19-17-10-7-14(11-18(17)20)16(12-21-15-8-9-15)13-5-3-1-2-4-6-13/h7,10-11,13,15-16,21H,1-6,8-9,12H2. The maximum absolute atomic E-state index is 6.25. The Morgan fingerprint density at radius 1 is 0.952 bits per heavy atom.